The maximum atomic E-state index is 7.79. The molecule has 0 unspecified atom stereocenters. The van der Waals surface area contributed by atoms with Gasteiger partial charge in [0.05, 0.1) is 0 Å². The Morgan fingerprint density at radius 3 is 2.15 bits per heavy atom. The normalized spacial score (nSPS) is 9.69. The third kappa shape index (κ3) is 2.27. The Balaban J connectivity index is 2.78. The molecule has 1 aromatic carbocycles. The van der Waals surface area contributed by atoms with E-state index in [0.29, 0.717) is 5.84 Å². The Labute approximate surface area is 78.0 Å². The molecule has 3 N–H and O–H groups in total. The maximum Gasteiger partial charge on any atom is 0.158 e. The van der Waals surface area contributed by atoms with Gasteiger partial charge in [-0.15, -0.1) is 0 Å². The molecule has 0 heterocycles. The predicted octanol–water partition coefficient (Wildman–Crippen LogP) is 0.583. The van der Waals surface area contributed by atoms with Crippen molar-refractivity contribution in [1.29, 1.82) is 5.41 Å². The summed E-state index contributed by atoms with van der Waals surface area (Å²) in [5.41, 5.74) is 6.56. The highest BCUT2D eigenvalue weighted by atomic mass is 15.7. The maximum absolute atomic E-state index is 7.79. The van der Waals surface area contributed by atoms with Gasteiger partial charge in [0.25, 0.3) is 0 Å². The first-order valence-electron chi connectivity index (χ1n) is 4.08. The van der Waals surface area contributed by atoms with Gasteiger partial charge in [-0.3, -0.25) is 5.41 Å². The van der Waals surface area contributed by atoms with Crippen LogP contribution in [0.5, 0.6) is 0 Å². The Hall–Kier alpha value is -1.39. The molecule has 0 saturated heterocycles. The van der Waals surface area contributed by atoms with Crippen molar-refractivity contribution in [3.63, 3.8) is 0 Å². The van der Waals surface area contributed by atoms with Crippen molar-refractivity contribution < 1.29 is 0 Å². The minimum Gasteiger partial charge on any atom is -0.282 e. The van der Waals surface area contributed by atoms with Crippen molar-refractivity contribution >= 4 is 5.84 Å². The van der Waals surface area contributed by atoms with Crippen molar-refractivity contribution in [2.24, 2.45) is 0 Å². The van der Waals surface area contributed by atoms with Crippen molar-refractivity contribution in [2.45, 2.75) is 0 Å². The van der Waals surface area contributed by atoms with E-state index in [9.17, 15) is 0 Å². The number of benzene rings is 1. The summed E-state index contributed by atoms with van der Waals surface area (Å²) < 4.78 is 0. The summed E-state index contributed by atoms with van der Waals surface area (Å²) in [5.74, 6) is 0.394. The van der Waals surface area contributed by atoms with E-state index in [1.165, 1.54) is 5.12 Å². The molecule has 0 aliphatic carbocycles. The predicted molar refractivity (Wildman–Crippen MR) is 53.2 cm³/mol. The van der Waals surface area contributed by atoms with Crippen LogP contribution in [0.1, 0.15) is 5.56 Å². The summed E-state index contributed by atoms with van der Waals surface area (Å²) >= 11 is 0. The fourth-order valence-electron chi connectivity index (χ4n) is 1.06. The largest absolute Gasteiger partial charge is 0.282 e. The average molecular weight is 178 g/mol. The minimum absolute atomic E-state index is 0.394. The van der Waals surface area contributed by atoms with E-state index >= 15 is 0 Å². The summed E-state index contributed by atoms with van der Waals surface area (Å²) in [4.78, 5) is 0. The topological polar surface area (TPSA) is 51.1 Å². The van der Waals surface area contributed by atoms with E-state index in [1.54, 1.807) is 14.1 Å². The van der Waals surface area contributed by atoms with E-state index in [0.717, 1.165) is 5.56 Å². The Morgan fingerprint density at radius 1 is 1.15 bits per heavy atom. The van der Waals surface area contributed by atoms with Crippen molar-refractivity contribution in [3.8, 4) is 0 Å². The monoisotopic (exact) mass is 178 g/mol. The molecule has 4 nitrogen and oxygen atoms in total. The van der Waals surface area contributed by atoms with Gasteiger partial charge in [-0.2, -0.15) is 0 Å². The van der Waals surface area contributed by atoms with Gasteiger partial charge in [0.1, 0.15) is 0 Å². The first-order valence-corrected chi connectivity index (χ1v) is 4.08. The van der Waals surface area contributed by atoms with Gasteiger partial charge in [0.2, 0.25) is 0 Å². The second-order valence-electron chi connectivity index (χ2n) is 2.50. The molecule has 0 fully saturated rings. The molecule has 0 bridgehead atoms. The molecule has 1 aromatic rings. The van der Waals surface area contributed by atoms with Crippen LogP contribution in [0.4, 0.5) is 0 Å². The molecule has 13 heavy (non-hydrogen) atoms. The van der Waals surface area contributed by atoms with Gasteiger partial charge < -0.3 is 0 Å². The van der Waals surface area contributed by atoms with Crippen LogP contribution >= 0.6 is 0 Å². The molecule has 0 spiro atoms. The van der Waals surface area contributed by atoms with E-state index in [-0.39, 0.29) is 0 Å². The Bertz CT molecular complexity index is 266. The third-order valence-corrected chi connectivity index (χ3v) is 1.72. The van der Waals surface area contributed by atoms with Crippen LogP contribution in [0, 0.1) is 5.41 Å². The quantitative estimate of drug-likeness (QED) is 0.360. The first-order chi connectivity index (χ1) is 6.29. The molecule has 0 radical (unpaired) electrons. The van der Waals surface area contributed by atoms with Crippen molar-refractivity contribution in [2.75, 3.05) is 14.1 Å². The molecule has 0 aromatic heterocycles. The number of nitrogens with one attached hydrogen (secondary N) is 3. The van der Waals surface area contributed by atoms with E-state index in [4.69, 9.17) is 5.41 Å². The summed E-state index contributed by atoms with van der Waals surface area (Å²) in [6.45, 7) is 0. The van der Waals surface area contributed by atoms with Crippen LogP contribution in [0.25, 0.3) is 0 Å². The fourth-order valence-corrected chi connectivity index (χ4v) is 1.06. The van der Waals surface area contributed by atoms with Gasteiger partial charge in [-0.1, -0.05) is 30.3 Å². The van der Waals surface area contributed by atoms with Crippen molar-refractivity contribution in [3.05, 3.63) is 35.9 Å². The fraction of sp³-hybridized carbons (Fsp3) is 0.222. The second kappa shape index (κ2) is 4.59. The summed E-state index contributed by atoms with van der Waals surface area (Å²) in [6, 6.07) is 9.54. The van der Waals surface area contributed by atoms with Crippen LogP contribution in [0.2, 0.25) is 0 Å². The first kappa shape index (κ1) is 9.70. The smallest absolute Gasteiger partial charge is 0.158 e. The Morgan fingerprint density at radius 2 is 1.69 bits per heavy atom. The number of amidine groups is 1. The summed E-state index contributed by atoms with van der Waals surface area (Å²) in [5, 5.41) is 9.32. The average Bonchev–Trinajstić information content (AvgIpc) is 2.21. The zero-order valence-corrected chi connectivity index (χ0v) is 7.83. The molecule has 1 rings (SSSR count). The van der Waals surface area contributed by atoms with E-state index in [1.807, 2.05) is 30.3 Å². The zero-order valence-electron chi connectivity index (χ0n) is 7.83. The lowest BCUT2D eigenvalue weighted by Gasteiger charge is -2.21. The second-order valence-corrected chi connectivity index (χ2v) is 2.50. The van der Waals surface area contributed by atoms with Gasteiger partial charge in [0.15, 0.2) is 5.84 Å². The molecule has 0 amide bonds. The molecule has 0 saturated carbocycles. The number of rotatable bonds is 3. The zero-order chi connectivity index (χ0) is 9.68. The molecule has 0 atom stereocenters. The Kier molecular flexibility index (Phi) is 3.42. The van der Waals surface area contributed by atoms with Crippen LogP contribution in [-0.4, -0.2) is 25.0 Å². The SMILES string of the molecule is CNN(NC)C(=N)c1ccccc1. The molecular formula is C9H14N4. The highest BCUT2D eigenvalue weighted by molar-refractivity contribution is 5.95. The van der Waals surface area contributed by atoms with Gasteiger partial charge in [-0.25, -0.2) is 16.0 Å². The molecule has 0 aliphatic rings. The lowest BCUT2D eigenvalue weighted by Crippen LogP contribution is -2.48. The van der Waals surface area contributed by atoms with Crippen LogP contribution in [0.3, 0.4) is 0 Å². The highest BCUT2D eigenvalue weighted by Crippen LogP contribution is 2.00. The number of nitrogens with zero attached hydrogens (tertiary/aromatic N) is 1. The number of hydrazine groups is 2. The van der Waals surface area contributed by atoms with Crippen LogP contribution in [-0.2, 0) is 0 Å². The van der Waals surface area contributed by atoms with Gasteiger partial charge >= 0.3 is 0 Å². The summed E-state index contributed by atoms with van der Waals surface area (Å²) in [6.07, 6.45) is 0. The number of hydrogen-bond acceptors (Lipinski definition) is 3. The molecule has 0 aliphatic heterocycles. The van der Waals surface area contributed by atoms with Crippen LogP contribution in [0.15, 0.2) is 30.3 Å². The summed E-state index contributed by atoms with van der Waals surface area (Å²) in [7, 11) is 3.52. The van der Waals surface area contributed by atoms with E-state index in [2.05, 4.69) is 10.9 Å². The molecular weight excluding hydrogens is 164 g/mol. The van der Waals surface area contributed by atoms with E-state index < -0.39 is 0 Å². The minimum atomic E-state index is 0.394. The van der Waals surface area contributed by atoms with Crippen molar-refractivity contribution in [1.82, 2.24) is 16.0 Å². The molecule has 70 valence electrons. The lowest BCUT2D eigenvalue weighted by atomic mass is 10.2. The van der Waals surface area contributed by atoms with Crippen LogP contribution < -0.4 is 10.9 Å². The van der Waals surface area contributed by atoms with Gasteiger partial charge in [-0.05, 0) is 0 Å². The van der Waals surface area contributed by atoms with Gasteiger partial charge in [0, 0.05) is 19.7 Å². The third-order valence-electron chi connectivity index (χ3n) is 1.72. The number of hydrogen-bond donors (Lipinski definition) is 3. The lowest BCUT2D eigenvalue weighted by molar-refractivity contribution is 0.265. The standard InChI is InChI=1S/C9H14N4/c1-11-13(12-2)9(10)8-6-4-3-5-7-8/h3-7,10-12H,1-2H3. The molecule has 4 heteroatoms. The highest BCUT2D eigenvalue weighted by Gasteiger charge is 2.06.